The zero-order valence-electron chi connectivity index (χ0n) is 13.3. The van der Waals surface area contributed by atoms with Gasteiger partial charge in [0, 0.05) is 0 Å². The number of hydrogen-bond donors (Lipinski definition) is 0. The molecule has 0 amide bonds. The summed E-state index contributed by atoms with van der Waals surface area (Å²) in [6.45, 7) is 0. The van der Waals surface area contributed by atoms with E-state index in [0.29, 0.717) is 19.9 Å². The standard InChI is InChI=1S/C17H7Br2Cl2NO5/c1-25-13-9-6(18)5-26-14(9)11(19)15-10(13)16(23)22(17(24)27-15)12-7(20)3-2-4-8(12)21/h2-5H,1H3. The minimum atomic E-state index is -0.949. The summed E-state index contributed by atoms with van der Waals surface area (Å²) in [6, 6.07) is 4.63. The Morgan fingerprint density at radius 2 is 1.74 bits per heavy atom. The van der Waals surface area contributed by atoms with E-state index in [0.717, 1.165) is 4.57 Å². The Labute approximate surface area is 177 Å². The van der Waals surface area contributed by atoms with Crippen LogP contribution in [0.2, 0.25) is 10.0 Å². The maximum absolute atomic E-state index is 13.3. The van der Waals surface area contributed by atoms with Crippen molar-refractivity contribution in [2.45, 2.75) is 0 Å². The molecule has 0 fully saturated rings. The summed E-state index contributed by atoms with van der Waals surface area (Å²) in [4.78, 5) is 25.9. The third kappa shape index (κ3) is 2.66. The van der Waals surface area contributed by atoms with Gasteiger partial charge in [-0.15, -0.1) is 0 Å². The highest BCUT2D eigenvalue weighted by Crippen LogP contribution is 2.43. The van der Waals surface area contributed by atoms with Crippen LogP contribution in [-0.2, 0) is 0 Å². The molecule has 0 aliphatic heterocycles. The van der Waals surface area contributed by atoms with Crippen molar-refractivity contribution in [3.8, 4) is 11.4 Å². The van der Waals surface area contributed by atoms with Gasteiger partial charge in [0.1, 0.15) is 21.9 Å². The van der Waals surface area contributed by atoms with Gasteiger partial charge < -0.3 is 13.6 Å². The molecule has 4 aromatic rings. The normalized spacial score (nSPS) is 11.4. The summed E-state index contributed by atoms with van der Waals surface area (Å²) in [5, 5.41) is 0.800. The molecule has 0 aliphatic carbocycles. The van der Waals surface area contributed by atoms with Crippen molar-refractivity contribution >= 4 is 77.0 Å². The van der Waals surface area contributed by atoms with Crippen LogP contribution in [0.5, 0.6) is 5.75 Å². The molecule has 0 unspecified atom stereocenters. The Kier molecular flexibility index (Phi) is 4.62. The van der Waals surface area contributed by atoms with Crippen LogP contribution in [0.3, 0.4) is 0 Å². The lowest BCUT2D eigenvalue weighted by Crippen LogP contribution is -2.31. The molecule has 27 heavy (non-hydrogen) atoms. The Bertz CT molecular complexity index is 1340. The fourth-order valence-corrected chi connectivity index (χ4v) is 4.46. The summed E-state index contributed by atoms with van der Waals surface area (Å²) in [5.74, 6) is -0.760. The first-order valence-electron chi connectivity index (χ1n) is 7.33. The average Bonchev–Trinajstić information content (AvgIpc) is 3.01. The number of aromatic nitrogens is 1. The molecular weight excluding hydrogens is 529 g/mol. The lowest BCUT2D eigenvalue weighted by atomic mass is 10.1. The van der Waals surface area contributed by atoms with Crippen molar-refractivity contribution in [2.75, 3.05) is 7.11 Å². The fraction of sp³-hybridized carbons (Fsp3) is 0.0588. The van der Waals surface area contributed by atoms with Crippen molar-refractivity contribution in [1.29, 1.82) is 0 Å². The Morgan fingerprint density at radius 1 is 1.07 bits per heavy atom. The quantitative estimate of drug-likeness (QED) is 0.337. The first-order chi connectivity index (χ1) is 12.9. The van der Waals surface area contributed by atoms with Gasteiger partial charge in [-0.05, 0) is 44.0 Å². The summed E-state index contributed by atoms with van der Waals surface area (Å²) < 4.78 is 18.0. The highest BCUT2D eigenvalue weighted by molar-refractivity contribution is 9.11. The number of hydrogen-bond acceptors (Lipinski definition) is 5. The highest BCUT2D eigenvalue weighted by Gasteiger charge is 2.26. The van der Waals surface area contributed by atoms with Gasteiger partial charge in [0.15, 0.2) is 11.2 Å². The van der Waals surface area contributed by atoms with E-state index >= 15 is 0 Å². The maximum atomic E-state index is 13.3. The van der Waals surface area contributed by atoms with Crippen molar-refractivity contribution in [3.05, 3.63) is 64.4 Å². The average molecular weight is 536 g/mol. The number of methoxy groups -OCH3 is 1. The predicted octanol–water partition coefficient (Wildman–Crippen LogP) is 5.53. The third-order valence-electron chi connectivity index (χ3n) is 3.98. The molecule has 4 rings (SSSR count). The Balaban J connectivity index is 2.30. The van der Waals surface area contributed by atoms with Crippen LogP contribution in [0.25, 0.3) is 27.6 Å². The maximum Gasteiger partial charge on any atom is 0.427 e. The molecule has 0 saturated heterocycles. The van der Waals surface area contributed by atoms with Gasteiger partial charge in [-0.2, -0.15) is 0 Å². The van der Waals surface area contributed by atoms with E-state index in [2.05, 4.69) is 31.9 Å². The monoisotopic (exact) mass is 533 g/mol. The van der Waals surface area contributed by atoms with E-state index in [1.165, 1.54) is 25.5 Å². The zero-order valence-corrected chi connectivity index (χ0v) is 18.0. The lowest BCUT2D eigenvalue weighted by Gasteiger charge is -2.12. The molecule has 0 bridgehead atoms. The number of fused-ring (bicyclic) bond motifs is 2. The molecule has 0 aliphatic rings. The van der Waals surface area contributed by atoms with E-state index in [1.54, 1.807) is 6.07 Å². The molecule has 0 radical (unpaired) electrons. The van der Waals surface area contributed by atoms with Gasteiger partial charge in [0.05, 0.1) is 32.7 Å². The highest BCUT2D eigenvalue weighted by atomic mass is 79.9. The van der Waals surface area contributed by atoms with Crippen LogP contribution in [-0.4, -0.2) is 11.7 Å². The number of halogens is 4. The smallest absolute Gasteiger partial charge is 0.427 e. The van der Waals surface area contributed by atoms with Crippen molar-refractivity contribution in [3.63, 3.8) is 0 Å². The number of rotatable bonds is 2. The first kappa shape index (κ1) is 18.6. The van der Waals surface area contributed by atoms with E-state index < -0.39 is 11.3 Å². The molecule has 2 heterocycles. The van der Waals surface area contributed by atoms with E-state index in [4.69, 9.17) is 36.8 Å². The van der Waals surface area contributed by atoms with Crippen molar-refractivity contribution < 1.29 is 13.6 Å². The third-order valence-corrected chi connectivity index (χ3v) is 5.89. The van der Waals surface area contributed by atoms with Crippen LogP contribution in [0.15, 0.2) is 51.8 Å². The number of ether oxygens (including phenoxy) is 1. The molecule has 10 heteroatoms. The summed E-state index contributed by atoms with van der Waals surface area (Å²) in [6.07, 6.45) is 1.44. The molecule has 6 nitrogen and oxygen atoms in total. The Morgan fingerprint density at radius 3 is 2.37 bits per heavy atom. The lowest BCUT2D eigenvalue weighted by molar-refractivity contribution is 0.421. The van der Waals surface area contributed by atoms with Crippen molar-refractivity contribution in [1.82, 2.24) is 4.57 Å². The second-order valence-electron chi connectivity index (χ2n) is 5.42. The molecule has 0 spiro atoms. The van der Waals surface area contributed by atoms with Crippen LogP contribution in [0.4, 0.5) is 0 Å². The number of furan rings is 1. The second-order valence-corrected chi connectivity index (χ2v) is 7.88. The van der Waals surface area contributed by atoms with Crippen LogP contribution in [0.1, 0.15) is 0 Å². The first-order valence-corrected chi connectivity index (χ1v) is 9.67. The zero-order chi connectivity index (χ0) is 19.5. The van der Waals surface area contributed by atoms with E-state index in [-0.39, 0.29) is 32.5 Å². The van der Waals surface area contributed by atoms with Crippen LogP contribution >= 0.6 is 55.1 Å². The van der Waals surface area contributed by atoms with Crippen molar-refractivity contribution in [2.24, 2.45) is 0 Å². The van der Waals surface area contributed by atoms with Gasteiger partial charge >= 0.3 is 5.76 Å². The van der Waals surface area contributed by atoms with Crippen LogP contribution in [0, 0.1) is 0 Å². The van der Waals surface area contributed by atoms with Gasteiger partial charge in [-0.1, -0.05) is 29.3 Å². The van der Waals surface area contributed by atoms with Gasteiger partial charge in [-0.3, -0.25) is 4.79 Å². The molecule has 138 valence electrons. The number of nitrogens with zero attached hydrogens (tertiary/aromatic N) is 1. The Hall–Kier alpha value is -1.74. The summed E-state index contributed by atoms with van der Waals surface area (Å²) >= 11 is 19.1. The van der Waals surface area contributed by atoms with E-state index in [1.807, 2.05) is 0 Å². The van der Waals surface area contributed by atoms with Gasteiger partial charge in [0.2, 0.25) is 0 Å². The second kappa shape index (κ2) is 6.70. The van der Waals surface area contributed by atoms with Crippen LogP contribution < -0.4 is 16.1 Å². The van der Waals surface area contributed by atoms with E-state index in [9.17, 15) is 9.59 Å². The molecular formula is C17H7Br2Cl2NO5. The summed E-state index contributed by atoms with van der Waals surface area (Å²) in [7, 11) is 1.40. The predicted molar refractivity (Wildman–Crippen MR) is 110 cm³/mol. The molecule has 2 aromatic heterocycles. The largest absolute Gasteiger partial charge is 0.495 e. The number of para-hydroxylation sites is 1. The minimum Gasteiger partial charge on any atom is -0.495 e. The fourth-order valence-electron chi connectivity index (χ4n) is 2.87. The topological polar surface area (TPSA) is 74.6 Å². The molecule has 2 aromatic carbocycles. The molecule has 0 N–H and O–H groups in total. The summed E-state index contributed by atoms with van der Waals surface area (Å²) in [5.41, 5.74) is -0.298. The molecule has 0 atom stereocenters. The minimum absolute atomic E-state index is 0.00405. The molecule has 0 saturated carbocycles. The SMILES string of the molecule is COc1c2c(Br)coc2c(Br)c2oc(=O)n(-c3c(Cl)cccc3Cl)c(=O)c12. The van der Waals surface area contributed by atoms with Gasteiger partial charge in [-0.25, -0.2) is 9.36 Å². The number of benzene rings is 2. The van der Waals surface area contributed by atoms with Gasteiger partial charge in [0.25, 0.3) is 5.56 Å².